The molecule has 1 aliphatic rings. The van der Waals surface area contributed by atoms with Gasteiger partial charge in [0, 0.05) is 13.3 Å². The summed E-state index contributed by atoms with van der Waals surface area (Å²) in [7, 11) is 0.981. The molecule has 7 atom stereocenters. The van der Waals surface area contributed by atoms with E-state index in [4.69, 9.17) is 15.2 Å². The number of hydrogen-bond acceptors (Lipinski definition) is 11. The number of carbonyl (C=O) groups excluding carboxylic acids is 3. The number of amides is 1. The molecule has 1 saturated heterocycles. The Morgan fingerprint density at radius 3 is 2.48 bits per heavy atom. The molecule has 0 aliphatic carbocycles. The minimum Gasteiger partial charge on any atom is -0.465 e. The molecule has 184 valence electrons. The summed E-state index contributed by atoms with van der Waals surface area (Å²) in [6.07, 6.45) is -7.34. The van der Waals surface area contributed by atoms with Gasteiger partial charge in [-0.1, -0.05) is 30.3 Å². The van der Waals surface area contributed by atoms with Gasteiger partial charge in [-0.15, -0.1) is 0 Å². The molecule has 2 rings (SSSR count). The van der Waals surface area contributed by atoms with E-state index >= 15 is 0 Å². The molecular formula is C21H30N2O10. The average Bonchev–Trinajstić information content (AvgIpc) is 2.78. The highest BCUT2D eigenvalue weighted by atomic mass is 16.7. The molecule has 0 unspecified atom stereocenters. The molecule has 0 saturated carbocycles. The van der Waals surface area contributed by atoms with Crippen molar-refractivity contribution in [2.75, 3.05) is 13.7 Å². The molecule has 0 radical (unpaired) electrons. The molecule has 7 N–H and O–H groups in total. The number of nitrogens with one attached hydrogen (secondary N) is 1. The number of benzene rings is 1. The average molecular weight is 470 g/mol. The van der Waals surface area contributed by atoms with E-state index in [1.807, 2.05) is 6.07 Å². The zero-order valence-corrected chi connectivity index (χ0v) is 18.3. The van der Waals surface area contributed by atoms with Crippen LogP contribution in [0.15, 0.2) is 30.3 Å². The summed E-state index contributed by atoms with van der Waals surface area (Å²) in [6.45, 7) is 0.436. The van der Waals surface area contributed by atoms with Gasteiger partial charge in [0.2, 0.25) is 5.91 Å². The van der Waals surface area contributed by atoms with Crippen LogP contribution in [-0.2, 0) is 35.0 Å². The van der Waals surface area contributed by atoms with Crippen molar-refractivity contribution in [2.24, 2.45) is 5.73 Å². The maximum atomic E-state index is 12.2. The third-order valence-electron chi connectivity index (χ3n) is 5.19. The zero-order chi connectivity index (χ0) is 24.8. The van der Waals surface area contributed by atoms with E-state index in [2.05, 4.69) is 10.1 Å². The van der Waals surface area contributed by atoms with Crippen LogP contribution in [0.5, 0.6) is 0 Å². The normalized spacial score (nSPS) is 27.7. The van der Waals surface area contributed by atoms with Gasteiger partial charge < -0.3 is 45.7 Å². The van der Waals surface area contributed by atoms with Gasteiger partial charge in [-0.05, 0) is 12.0 Å². The molecular weight excluding hydrogens is 440 g/mol. The second-order valence-corrected chi connectivity index (χ2v) is 7.84. The monoisotopic (exact) mass is 470 g/mol. The van der Waals surface area contributed by atoms with E-state index in [1.54, 1.807) is 24.3 Å². The lowest BCUT2D eigenvalue weighted by molar-refractivity contribution is -0.296. The highest BCUT2D eigenvalue weighted by molar-refractivity contribution is 5.78. The number of carbonyl (C=O) groups is 3. The van der Waals surface area contributed by atoms with E-state index < -0.39 is 73.2 Å². The number of ether oxygens (including phenoxy) is 3. The fourth-order valence-electron chi connectivity index (χ4n) is 3.51. The number of esters is 2. The van der Waals surface area contributed by atoms with Crippen molar-refractivity contribution >= 4 is 17.8 Å². The minimum atomic E-state index is -2.64. The van der Waals surface area contributed by atoms with Crippen molar-refractivity contribution in [2.45, 2.75) is 62.1 Å². The van der Waals surface area contributed by atoms with Gasteiger partial charge >= 0.3 is 11.9 Å². The van der Waals surface area contributed by atoms with Gasteiger partial charge in [0.05, 0.1) is 19.3 Å². The summed E-state index contributed by atoms with van der Waals surface area (Å²) >= 11 is 0. The Morgan fingerprint density at radius 1 is 1.27 bits per heavy atom. The second-order valence-electron chi connectivity index (χ2n) is 7.84. The third-order valence-corrected chi connectivity index (χ3v) is 5.19. The molecule has 12 heteroatoms. The first-order valence-electron chi connectivity index (χ1n) is 10.2. The van der Waals surface area contributed by atoms with Crippen LogP contribution in [0.2, 0.25) is 0 Å². The van der Waals surface area contributed by atoms with Crippen molar-refractivity contribution < 1.29 is 49.0 Å². The molecule has 1 fully saturated rings. The highest BCUT2D eigenvalue weighted by Gasteiger charge is 2.54. The number of methoxy groups -OCH3 is 1. The van der Waals surface area contributed by atoms with Crippen LogP contribution in [0.25, 0.3) is 0 Å². The van der Waals surface area contributed by atoms with Crippen LogP contribution in [0, 0.1) is 0 Å². The smallest absolute Gasteiger partial charge is 0.366 e. The van der Waals surface area contributed by atoms with Gasteiger partial charge in [0.25, 0.3) is 5.79 Å². The van der Waals surface area contributed by atoms with Crippen molar-refractivity contribution in [1.82, 2.24) is 5.32 Å². The predicted octanol–water partition coefficient (Wildman–Crippen LogP) is -2.66. The summed E-state index contributed by atoms with van der Waals surface area (Å²) in [4.78, 5) is 35.6. The SMILES string of the molecule is COC(=O)[C@]1(O)C[C@H](O)[C@@H](NC(C)=O)[C@H]([C@H](O)[C@H](O)COC(=O)[C@@H](N)Cc2ccccc2)O1. The highest BCUT2D eigenvalue weighted by Crippen LogP contribution is 2.31. The molecule has 0 spiro atoms. The third kappa shape index (κ3) is 6.93. The van der Waals surface area contributed by atoms with Crippen LogP contribution >= 0.6 is 0 Å². The summed E-state index contributed by atoms with van der Waals surface area (Å²) in [5.74, 6) is -5.31. The van der Waals surface area contributed by atoms with Crippen molar-refractivity contribution in [3.8, 4) is 0 Å². The lowest BCUT2D eigenvalue weighted by Crippen LogP contribution is -2.67. The quantitative estimate of drug-likeness (QED) is 0.206. The first kappa shape index (κ1) is 26.6. The first-order valence-corrected chi connectivity index (χ1v) is 10.2. The molecule has 0 aromatic heterocycles. The Bertz CT molecular complexity index is 823. The van der Waals surface area contributed by atoms with E-state index in [1.165, 1.54) is 0 Å². The summed E-state index contributed by atoms with van der Waals surface area (Å²) in [5.41, 5.74) is 6.62. The van der Waals surface area contributed by atoms with Crippen LogP contribution in [-0.4, -0.2) is 94.3 Å². The molecule has 1 aromatic rings. The summed E-state index contributed by atoms with van der Waals surface area (Å²) in [6, 6.07) is 6.61. The second kappa shape index (κ2) is 11.5. The fourth-order valence-corrected chi connectivity index (χ4v) is 3.51. The van der Waals surface area contributed by atoms with Crippen molar-refractivity contribution in [1.29, 1.82) is 0 Å². The minimum absolute atomic E-state index is 0.188. The number of hydrogen-bond donors (Lipinski definition) is 6. The maximum absolute atomic E-state index is 12.2. The Balaban J connectivity index is 2.05. The molecule has 1 amide bonds. The van der Waals surface area contributed by atoms with E-state index in [-0.39, 0.29) is 6.42 Å². The molecule has 1 heterocycles. The Hall–Kier alpha value is -2.61. The molecule has 1 aromatic carbocycles. The van der Waals surface area contributed by atoms with Gasteiger partial charge in [0.15, 0.2) is 0 Å². The molecule has 12 nitrogen and oxygen atoms in total. The molecule has 0 bridgehead atoms. The summed E-state index contributed by atoms with van der Waals surface area (Å²) < 4.78 is 14.7. The van der Waals surface area contributed by atoms with E-state index in [9.17, 15) is 34.8 Å². The predicted molar refractivity (Wildman–Crippen MR) is 111 cm³/mol. The van der Waals surface area contributed by atoms with E-state index in [0.717, 1.165) is 19.6 Å². The Kier molecular flexibility index (Phi) is 9.28. The summed E-state index contributed by atoms with van der Waals surface area (Å²) in [5, 5.41) is 44.1. The van der Waals surface area contributed by atoms with Crippen LogP contribution in [0.3, 0.4) is 0 Å². The fraction of sp³-hybridized carbons (Fsp3) is 0.571. The van der Waals surface area contributed by atoms with Gasteiger partial charge in [0.1, 0.15) is 31.0 Å². The standard InChI is InChI=1S/C21H30N2O10/c1-11(24)23-16-14(25)9-21(30,20(29)31-2)33-18(16)17(27)15(26)10-32-19(28)13(22)8-12-6-4-3-5-7-12/h3-7,13-18,25-27,30H,8-10,22H2,1-2H3,(H,23,24)/t13-,14-,15+,16+,17+,18+,21-/m0/s1. The Morgan fingerprint density at radius 2 is 1.91 bits per heavy atom. The lowest BCUT2D eigenvalue weighted by atomic mass is 9.88. The number of rotatable bonds is 9. The first-order chi connectivity index (χ1) is 15.5. The number of aliphatic hydroxyl groups excluding tert-OH is 3. The van der Waals surface area contributed by atoms with Gasteiger partial charge in [-0.2, -0.15) is 0 Å². The van der Waals surface area contributed by atoms with Crippen LogP contribution in [0.1, 0.15) is 18.9 Å². The zero-order valence-electron chi connectivity index (χ0n) is 18.3. The largest absolute Gasteiger partial charge is 0.465 e. The number of nitrogens with two attached hydrogens (primary N) is 1. The van der Waals surface area contributed by atoms with Crippen molar-refractivity contribution in [3.63, 3.8) is 0 Å². The molecule has 33 heavy (non-hydrogen) atoms. The van der Waals surface area contributed by atoms with E-state index in [0.29, 0.717) is 0 Å². The van der Waals surface area contributed by atoms with Crippen LogP contribution < -0.4 is 11.1 Å². The van der Waals surface area contributed by atoms with Crippen molar-refractivity contribution in [3.05, 3.63) is 35.9 Å². The Labute approximate surface area is 190 Å². The van der Waals surface area contributed by atoms with Gasteiger partial charge in [-0.25, -0.2) is 4.79 Å². The van der Waals surface area contributed by atoms with Gasteiger partial charge in [-0.3, -0.25) is 9.59 Å². The topological polar surface area (TPSA) is 198 Å². The lowest BCUT2D eigenvalue weighted by Gasteiger charge is -2.45. The molecule has 1 aliphatic heterocycles. The van der Waals surface area contributed by atoms with Crippen LogP contribution in [0.4, 0.5) is 0 Å². The maximum Gasteiger partial charge on any atom is 0.366 e. The number of aliphatic hydroxyl groups is 4.